The fourth-order valence-corrected chi connectivity index (χ4v) is 3.53. The summed E-state index contributed by atoms with van der Waals surface area (Å²) in [7, 11) is 2.14. The molecule has 3 heterocycles. The van der Waals surface area contributed by atoms with Gasteiger partial charge in [-0.05, 0) is 45.4 Å². The third-order valence-corrected chi connectivity index (χ3v) is 5.27. The lowest BCUT2D eigenvalue weighted by molar-refractivity contribution is 0.0390. The van der Waals surface area contributed by atoms with Crippen LogP contribution in [0.15, 0.2) is 18.3 Å². The highest BCUT2D eigenvalue weighted by molar-refractivity contribution is 5.92. The standard InChI is InChI=1S/C17H27N3O2/c1-12(2)19(3)10-16-14-9-20(8-6-13(14)11-22-16)17(21)15-5-4-7-18-15/h4-5,7,12-14,16,18H,6,8-11H2,1-3H3/t13-,14-,16+/m1/s1. The molecule has 3 atom stereocenters. The van der Waals surface area contributed by atoms with Gasteiger partial charge in [0, 0.05) is 37.8 Å². The second kappa shape index (κ2) is 6.42. The number of aromatic nitrogens is 1. The quantitative estimate of drug-likeness (QED) is 0.923. The first-order chi connectivity index (χ1) is 10.6. The van der Waals surface area contributed by atoms with Crippen molar-refractivity contribution in [3.05, 3.63) is 24.0 Å². The summed E-state index contributed by atoms with van der Waals surface area (Å²) < 4.78 is 6.05. The number of nitrogens with zero attached hydrogens (tertiary/aromatic N) is 2. The Morgan fingerprint density at radius 2 is 2.36 bits per heavy atom. The van der Waals surface area contributed by atoms with Crippen molar-refractivity contribution in [1.82, 2.24) is 14.8 Å². The van der Waals surface area contributed by atoms with Crippen LogP contribution in [0.3, 0.4) is 0 Å². The minimum Gasteiger partial charge on any atom is -0.376 e. The molecule has 0 aromatic carbocycles. The van der Waals surface area contributed by atoms with E-state index in [9.17, 15) is 4.79 Å². The van der Waals surface area contributed by atoms with Crippen LogP contribution in [-0.2, 0) is 4.74 Å². The van der Waals surface area contributed by atoms with E-state index in [1.165, 1.54) is 0 Å². The molecule has 0 spiro atoms. The number of fused-ring (bicyclic) bond motifs is 1. The Hall–Kier alpha value is -1.33. The largest absolute Gasteiger partial charge is 0.376 e. The average Bonchev–Trinajstić information content (AvgIpc) is 3.16. The second-order valence-corrected chi connectivity index (χ2v) is 6.95. The molecule has 0 unspecified atom stereocenters. The van der Waals surface area contributed by atoms with Crippen molar-refractivity contribution in [2.45, 2.75) is 32.4 Å². The first kappa shape index (κ1) is 15.6. The number of likely N-dealkylation sites (tertiary alicyclic amines) is 1. The summed E-state index contributed by atoms with van der Waals surface area (Å²) in [6.07, 6.45) is 3.11. The summed E-state index contributed by atoms with van der Waals surface area (Å²) in [5, 5.41) is 0. The SMILES string of the molecule is CC(C)N(C)C[C@@H]1OC[C@H]2CCN(C(=O)c3ccc[nH]3)C[C@H]21. The summed E-state index contributed by atoms with van der Waals surface area (Å²) in [4.78, 5) is 19.9. The molecule has 5 nitrogen and oxygen atoms in total. The topological polar surface area (TPSA) is 48.6 Å². The predicted octanol–water partition coefficient (Wildman–Crippen LogP) is 1.83. The van der Waals surface area contributed by atoms with E-state index >= 15 is 0 Å². The zero-order chi connectivity index (χ0) is 15.7. The molecular formula is C17H27N3O2. The molecule has 0 saturated carbocycles. The van der Waals surface area contributed by atoms with Crippen LogP contribution in [0.2, 0.25) is 0 Å². The zero-order valence-corrected chi connectivity index (χ0v) is 13.8. The Morgan fingerprint density at radius 1 is 1.55 bits per heavy atom. The van der Waals surface area contributed by atoms with Crippen molar-refractivity contribution in [1.29, 1.82) is 0 Å². The first-order valence-corrected chi connectivity index (χ1v) is 8.30. The van der Waals surface area contributed by atoms with Crippen LogP contribution in [0.4, 0.5) is 0 Å². The number of aromatic amines is 1. The number of rotatable bonds is 4. The summed E-state index contributed by atoms with van der Waals surface area (Å²) in [5.41, 5.74) is 0.688. The summed E-state index contributed by atoms with van der Waals surface area (Å²) in [6.45, 7) is 7.87. The molecule has 122 valence electrons. The van der Waals surface area contributed by atoms with Crippen molar-refractivity contribution in [3.63, 3.8) is 0 Å². The predicted molar refractivity (Wildman–Crippen MR) is 85.8 cm³/mol. The molecule has 1 amide bonds. The van der Waals surface area contributed by atoms with E-state index < -0.39 is 0 Å². The van der Waals surface area contributed by atoms with Gasteiger partial charge in [-0.1, -0.05) is 0 Å². The van der Waals surface area contributed by atoms with Crippen LogP contribution in [0.5, 0.6) is 0 Å². The number of amides is 1. The Morgan fingerprint density at radius 3 is 3.05 bits per heavy atom. The van der Waals surface area contributed by atoms with Crippen molar-refractivity contribution in [3.8, 4) is 0 Å². The molecule has 2 aliphatic rings. The molecule has 2 fully saturated rings. The maximum Gasteiger partial charge on any atom is 0.270 e. The number of hydrogen-bond donors (Lipinski definition) is 1. The van der Waals surface area contributed by atoms with Gasteiger partial charge in [0.1, 0.15) is 5.69 Å². The maximum atomic E-state index is 12.5. The normalized spacial score (nSPS) is 28.4. The Labute approximate surface area is 132 Å². The van der Waals surface area contributed by atoms with Crippen LogP contribution in [0, 0.1) is 11.8 Å². The highest BCUT2D eigenvalue weighted by atomic mass is 16.5. The number of ether oxygens (including phenoxy) is 1. The molecule has 1 aromatic rings. The van der Waals surface area contributed by atoms with Gasteiger partial charge in [0.05, 0.1) is 12.7 Å². The van der Waals surface area contributed by atoms with Gasteiger partial charge in [-0.3, -0.25) is 4.79 Å². The third kappa shape index (κ3) is 3.06. The summed E-state index contributed by atoms with van der Waals surface area (Å²) >= 11 is 0. The van der Waals surface area contributed by atoms with Crippen molar-refractivity contribution in [2.24, 2.45) is 11.8 Å². The lowest BCUT2D eigenvalue weighted by Gasteiger charge is -2.37. The van der Waals surface area contributed by atoms with Gasteiger partial charge in [-0.15, -0.1) is 0 Å². The van der Waals surface area contributed by atoms with E-state index in [2.05, 4.69) is 30.8 Å². The van der Waals surface area contributed by atoms with Crippen molar-refractivity contribution >= 4 is 5.91 Å². The van der Waals surface area contributed by atoms with E-state index in [0.717, 1.165) is 32.7 Å². The molecule has 0 bridgehead atoms. The smallest absolute Gasteiger partial charge is 0.270 e. The van der Waals surface area contributed by atoms with E-state index in [1.54, 1.807) is 6.20 Å². The van der Waals surface area contributed by atoms with E-state index in [-0.39, 0.29) is 12.0 Å². The highest BCUT2D eigenvalue weighted by Crippen LogP contribution is 2.35. The molecule has 2 saturated heterocycles. The Kier molecular flexibility index (Phi) is 4.54. The molecule has 5 heteroatoms. The number of likely N-dealkylation sites (N-methyl/N-ethyl adjacent to an activating group) is 1. The van der Waals surface area contributed by atoms with Gasteiger partial charge < -0.3 is 19.5 Å². The molecule has 2 aliphatic heterocycles. The van der Waals surface area contributed by atoms with Crippen LogP contribution >= 0.6 is 0 Å². The van der Waals surface area contributed by atoms with Gasteiger partial charge in [0.2, 0.25) is 0 Å². The molecule has 0 radical (unpaired) electrons. The second-order valence-electron chi connectivity index (χ2n) is 6.95. The number of piperidine rings is 1. The third-order valence-electron chi connectivity index (χ3n) is 5.27. The Balaban J connectivity index is 1.64. The minimum atomic E-state index is 0.117. The highest BCUT2D eigenvalue weighted by Gasteiger charge is 2.42. The number of hydrogen-bond acceptors (Lipinski definition) is 3. The van der Waals surface area contributed by atoms with E-state index in [1.807, 2.05) is 17.0 Å². The van der Waals surface area contributed by atoms with Crippen LogP contribution < -0.4 is 0 Å². The number of carbonyl (C=O) groups is 1. The Bertz CT molecular complexity index is 500. The first-order valence-electron chi connectivity index (χ1n) is 8.30. The lowest BCUT2D eigenvalue weighted by Crippen LogP contribution is -2.47. The molecule has 1 aromatic heterocycles. The van der Waals surface area contributed by atoms with Crippen LogP contribution in [-0.4, -0.2) is 66.1 Å². The minimum absolute atomic E-state index is 0.117. The van der Waals surface area contributed by atoms with Gasteiger partial charge in [0.15, 0.2) is 0 Å². The summed E-state index contributed by atoms with van der Waals surface area (Å²) in [5.74, 6) is 1.19. The molecule has 22 heavy (non-hydrogen) atoms. The molecule has 3 rings (SSSR count). The fourth-order valence-electron chi connectivity index (χ4n) is 3.53. The number of carbonyl (C=O) groups excluding carboxylic acids is 1. The van der Waals surface area contributed by atoms with Crippen LogP contribution in [0.1, 0.15) is 30.8 Å². The van der Waals surface area contributed by atoms with Gasteiger partial charge in [-0.25, -0.2) is 0 Å². The van der Waals surface area contributed by atoms with Crippen molar-refractivity contribution < 1.29 is 9.53 Å². The lowest BCUT2D eigenvalue weighted by atomic mass is 9.84. The van der Waals surface area contributed by atoms with Gasteiger partial charge >= 0.3 is 0 Å². The molecule has 0 aliphatic carbocycles. The molecule has 1 N–H and O–H groups in total. The molecular weight excluding hydrogens is 278 g/mol. The maximum absolute atomic E-state index is 12.5. The number of H-pyrrole nitrogens is 1. The van der Waals surface area contributed by atoms with Gasteiger partial charge in [-0.2, -0.15) is 0 Å². The monoisotopic (exact) mass is 305 g/mol. The van der Waals surface area contributed by atoms with Crippen LogP contribution in [0.25, 0.3) is 0 Å². The van der Waals surface area contributed by atoms with E-state index in [4.69, 9.17) is 4.74 Å². The van der Waals surface area contributed by atoms with Gasteiger partial charge in [0.25, 0.3) is 5.91 Å². The van der Waals surface area contributed by atoms with E-state index in [0.29, 0.717) is 23.6 Å². The fraction of sp³-hybridized carbons (Fsp3) is 0.706. The average molecular weight is 305 g/mol. The van der Waals surface area contributed by atoms with Crippen molar-refractivity contribution in [2.75, 3.05) is 33.3 Å². The summed E-state index contributed by atoms with van der Waals surface area (Å²) in [6, 6.07) is 4.24. The number of nitrogens with one attached hydrogen (secondary N) is 1. The zero-order valence-electron chi connectivity index (χ0n) is 13.8.